The lowest BCUT2D eigenvalue weighted by molar-refractivity contribution is 0.00578. The number of thiophene rings is 1. The molecule has 0 saturated carbocycles. The van der Waals surface area contributed by atoms with E-state index in [-0.39, 0.29) is 18.3 Å². The van der Waals surface area contributed by atoms with Gasteiger partial charge in [0, 0.05) is 16.2 Å². The number of rotatable bonds is 3. The number of hydrogen-bond donors (Lipinski definition) is 0. The molecule has 0 N–H and O–H groups in total. The van der Waals surface area contributed by atoms with Gasteiger partial charge in [0.15, 0.2) is 0 Å². The van der Waals surface area contributed by atoms with Gasteiger partial charge >= 0.3 is 7.12 Å². The molecule has 2 aliphatic rings. The normalized spacial score (nSPS) is 25.4. The molecule has 3 rings (SSSR count). The van der Waals surface area contributed by atoms with E-state index in [1.807, 2.05) is 11.3 Å². The predicted molar refractivity (Wildman–Crippen MR) is 89.2 cm³/mol. The van der Waals surface area contributed by atoms with E-state index in [4.69, 9.17) is 9.31 Å². The molecule has 1 aromatic heterocycles. The minimum absolute atomic E-state index is 0.213. The molecule has 3 heterocycles. The van der Waals surface area contributed by atoms with Crippen molar-refractivity contribution in [3.8, 4) is 0 Å². The molecule has 2 aliphatic heterocycles. The number of piperidine rings is 1. The third-order valence-corrected chi connectivity index (χ3v) is 6.09. The first-order valence-electron chi connectivity index (χ1n) is 8.04. The quantitative estimate of drug-likeness (QED) is 0.801. The molecule has 1 aromatic rings. The van der Waals surface area contributed by atoms with Crippen LogP contribution in [0.25, 0.3) is 0 Å². The fourth-order valence-corrected chi connectivity index (χ4v) is 3.92. The van der Waals surface area contributed by atoms with E-state index in [0.717, 1.165) is 6.54 Å². The summed E-state index contributed by atoms with van der Waals surface area (Å²) in [4.78, 5) is 3.98. The average molecular weight is 307 g/mol. The molecule has 21 heavy (non-hydrogen) atoms. The summed E-state index contributed by atoms with van der Waals surface area (Å²) in [6.07, 6.45) is 4.07. The van der Waals surface area contributed by atoms with Crippen LogP contribution in [0, 0.1) is 0 Å². The molecule has 0 aliphatic carbocycles. The van der Waals surface area contributed by atoms with Crippen LogP contribution < -0.4 is 4.78 Å². The van der Waals surface area contributed by atoms with Crippen LogP contribution in [0.5, 0.6) is 0 Å². The van der Waals surface area contributed by atoms with Crippen molar-refractivity contribution in [1.29, 1.82) is 0 Å². The average Bonchev–Trinajstić information content (AvgIpc) is 2.94. The molecule has 0 atom stereocenters. The van der Waals surface area contributed by atoms with Crippen molar-refractivity contribution in [2.24, 2.45) is 0 Å². The fraction of sp³-hybridized carbons (Fsp3) is 0.750. The highest BCUT2D eigenvalue weighted by Crippen LogP contribution is 2.37. The van der Waals surface area contributed by atoms with Crippen molar-refractivity contribution in [3.05, 3.63) is 17.0 Å². The SMILES string of the molecule is CC1(C)OB(c2ccc(CN3CCCCC3)s2)OC1(C)C. The largest absolute Gasteiger partial charge is 0.505 e. The maximum atomic E-state index is 6.13. The van der Waals surface area contributed by atoms with Gasteiger partial charge < -0.3 is 9.31 Å². The van der Waals surface area contributed by atoms with Gasteiger partial charge in [-0.3, -0.25) is 4.90 Å². The molecule has 3 nitrogen and oxygen atoms in total. The number of hydrogen-bond acceptors (Lipinski definition) is 4. The Morgan fingerprint density at radius 3 is 2.29 bits per heavy atom. The zero-order chi connectivity index (χ0) is 15.1. The lowest BCUT2D eigenvalue weighted by Crippen LogP contribution is -2.41. The second-order valence-corrected chi connectivity index (χ2v) is 8.43. The minimum Gasteiger partial charge on any atom is -0.399 e. The third-order valence-electron chi connectivity index (χ3n) is 5.00. The standard InChI is InChI=1S/C16H26BNO2S/c1-15(2)16(3,4)20-17(19-15)14-9-8-13(21-14)12-18-10-6-5-7-11-18/h8-9H,5-7,10-12H2,1-4H3. The van der Waals surface area contributed by atoms with Gasteiger partial charge in [0.1, 0.15) is 0 Å². The summed E-state index contributed by atoms with van der Waals surface area (Å²) in [7, 11) is -0.213. The highest BCUT2D eigenvalue weighted by molar-refractivity contribution is 7.22. The third kappa shape index (κ3) is 3.21. The Balaban J connectivity index is 1.65. The zero-order valence-corrected chi connectivity index (χ0v) is 14.5. The Kier molecular flexibility index (Phi) is 4.21. The van der Waals surface area contributed by atoms with E-state index in [1.165, 1.54) is 42.0 Å². The summed E-state index contributed by atoms with van der Waals surface area (Å²) in [5.41, 5.74) is -0.511. The van der Waals surface area contributed by atoms with Crippen LogP contribution in [-0.4, -0.2) is 36.3 Å². The lowest BCUT2D eigenvalue weighted by Gasteiger charge is -2.32. The second kappa shape index (κ2) is 5.69. The van der Waals surface area contributed by atoms with Gasteiger partial charge in [0.05, 0.1) is 11.2 Å². The molecule has 2 fully saturated rings. The van der Waals surface area contributed by atoms with Crippen LogP contribution in [0.4, 0.5) is 0 Å². The molecule has 0 spiro atoms. The molecule has 0 amide bonds. The molecular formula is C16H26BNO2S. The zero-order valence-electron chi connectivity index (χ0n) is 13.6. The lowest BCUT2D eigenvalue weighted by atomic mass is 9.88. The highest BCUT2D eigenvalue weighted by Gasteiger charge is 2.52. The summed E-state index contributed by atoms with van der Waals surface area (Å²) in [5.74, 6) is 0. The second-order valence-electron chi connectivity index (χ2n) is 7.23. The van der Waals surface area contributed by atoms with Gasteiger partial charge in [-0.05, 0) is 59.7 Å². The van der Waals surface area contributed by atoms with Crippen molar-refractivity contribution < 1.29 is 9.31 Å². The van der Waals surface area contributed by atoms with E-state index in [1.54, 1.807) is 0 Å². The molecular weight excluding hydrogens is 281 g/mol. The monoisotopic (exact) mass is 307 g/mol. The van der Waals surface area contributed by atoms with E-state index < -0.39 is 0 Å². The molecule has 0 bridgehead atoms. The van der Waals surface area contributed by atoms with Crippen LogP contribution in [0.3, 0.4) is 0 Å². The van der Waals surface area contributed by atoms with Crippen molar-refractivity contribution in [2.75, 3.05) is 13.1 Å². The van der Waals surface area contributed by atoms with Gasteiger partial charge in [0.2, 0.25) is 0 Å². The van der Waals surface area contributed by atoms with Crippen LogP contribution in [0.15, 0.2) is 12.1 Å². The van der Waals surface area contributed by atoms with Gasteiger partial charge in [-0.1, -0.05) is 12.5 Å². The van der Waals surface area contributed by atoms with E-state index in [0.29, 0.717) is 0 Å². The summed E-state index contributed by atoms with van der Waals surface area (Å²) in [5, 5.41) is 0. The topological polar surface area (TPSA) is 21.7 Å². The van der Waals surface area contributed by atoms with E-state index in [2.05, 4.69) is 44.7 Å². The van der Waals surface area contributed by atoms with Gasteiger partial charge in [-0.15, -0.1) is 11.3 Å². The maximum Gasteiger partial charge on any atom is 0.505 e. The first kappa shape index (κ1) is 15.5. The van der Waals surface area contributed by atoms with E-state index >= 15 is 0 Å². The first-order chi connectivity index (χ1) is 9.87. The van der Waals surface area contributed by atoms with Crippen LogP contribution in [-0.2, 0) is 15.9 Å². The van der Waals surface area contributed by atoms with Crippen molar-refractivity contribution in [3.63, 3.8) is 0 Å². The molecule has 0 radical (unpaired) electrons. The first-order valence-corrected chi connectivity index (χ1v) is 8.86. The summed E-state index contributed by atoms with van der Waals surface area (Å²) >= 11 is 1.83. The fourth-order valence-electron chi connectivity index (χ4n) is 2.90. The highest BCUT2D eigenvalue weighted by atomic mass is 32.1. The van der Waals surface area contributed by atoms with Gasteiger partial charge in [-0.2, -0.15) is 0 Å². The van der Waals surface area contributed by atoms with Crippen molar-refractivity contribution in [1.82, 2.24) is 4.90 Å². The number of nitrogens with zero attached hydrogens (tertiary/aromatic N) is 1. The van der Waals surface area contributed by atoms with Crippen LogP contribution in [0.2, 0.25) is 0 Å². The predicted octanol–water partition coefficient (Wildman–Crippen LogP) is 3.03. The molecule has 0 unspecified atom stereocenters. The summed E-state index contributed by atoms with van der Waals surface area (Å²) < 4.78 is 13.5. The molecule has 2 saturated heterocycles. The van der Waals surface area contributed by atoms with E-state index in [9.17, 15) is 0 Å². The maximum absolute atomic E-state index is 6.13. The Bertz CT molecular complexity index is 478. The summed E-state index contributed by atoms with van der Waals surface area (Å²) in [6, 6.07) is 4.41. The molecule has 116 valence electrons. The Labute approximate surface area is 132 Å². The Morgan fingerprint density at radius 2 is 1.67 bits per heavy atom. The van der Waals surface area contributed by atoms with Crippen LogP contribution in [0.1, 0.15) is 51.8 Å². The Morgan fingerprint density at radius 1 is 1.05 bits per heavy atom. The minimum atomic E-state index is -0.255. The van der Waals surface area contributed by atoms with Crippen LogP contribution >= 0.6 is 11.3 Å². The Hall–Kier alpha value is -0.355. The van der Waals surface area contributed by atoms with Crippen molar-refractivity contribution in [2.45, 2.75) is 64.7 Å². The van der Waals surface area contributed by atoms with Crippen molar-refractivity contribution >= 4 is 23.2 Å². The van der Waals surface area contributed by atoms with Gasteiger partial charge in [0.25, 0.3) is 0 Å². The summed E-state index contributed by atoms with van der Waals surface area (Å²) in [6.45, 7) is 12.0. The molecule has 5 heteroatoms. The van der Waals surface area contributed by atoms with Gasteiger partial charge in [-0.25, -0.2) is 0 Å². The molecule has 0 aromatic carbocycles. The smallest absolute Gasteiger partial charge is 0.399 e. The number of likely N-dealkylation sites (tertiary alicyclic amines) is 1.